The van der Waals surface area contributed by atoms with Crippen LogP contribution in [0.5, 0.6) is 0 Å². The fourth-order valence-corrected chi connectivity index (χ4v) is 1.81. The van der Waals surface area contributed by atoms with Gasteiger partial charge in [-0.2, -0.15) is 0 Å². The monoisotopic (exact) mass is 176 g/mol. The van der Waals surface area contributed by atoms with E-state index in [0.29, 0.717) is 0 Å². The number of hydrogen-bond donors (Lipinski definition) is 2. The van der Waals surface area contributed by atoms with Crippen LogP contribution in [0.15, 0.2) is 30.3 Å². The summed E-state index contributed by atoms with van der Waals surface area (Å²) >= 11 is 0. The molecule has 2 nitrogen and oxygen atoms in total. The molecule has 1 aliphatic carbocycles. The highest BCUT2D eigenvalue weighted by Crippen LogP contribution is 2.34. The summed E-state index contributed by atoms with van der Waals surface area (Å²) in [4.78, 5) is 0. The zero-order chi connectivity index (χ0) is 9.15. The zero-order valence-corrected chi connectivity index (χ0v) is 7.79. The zero-order valence-electron chi connectivity index (χ0n) is 7.79. The van der Waals surface area contributed by atoms with Gasteiger partial charge in [0, 0.05) is 17.8 Å². The van der Waals surface area contributed by atoms with Crippen LogP contribution in [0, 0.1) is 0 Å². The van der Waals surface area contributed by atoms with Gasteiger partial charge in [-0.1, -0.05) is 18.2 Å². The molecule has 1 saturated carbocycles. The minimum Gasteiger partial charge on any atom is -0.378 e. The van der Waals surface area contributed by atoms with Gasteiger partial charge in [-0.3, -0.25) is 0 Å². The number of nitrogens with two attached hydrogens (primary N) is 1. The SMILES string of the molecule is NCC1(Nc2ccccc2)CCC1. The molecular weight excluding hydrogens is 160 g/mol. The predicted molar refractivity (Wildman–Crippen MR) is 55.7 cm³/mol. The summed E-state index contributed by atoms with van der Waals surface area (Å²) in [5.74, 6) is 0. The van der Waals surface area contributed by atoms with Crippen molar-refractivity contribution in [3.8, 4) is 0 Å². The van der Waals surface area contributed by atoms with Crippen molar-refractivity contribution in [2.45, 2.75) is 24.8 Å². The Bertz CT molecular complexity index is 259. The fraction of sp³-hybridized carbons (Fsp3) is 0.455. The average molecular weight is 176 g/mol. The molecule has 0 saturated heterocycles. The van der Waals surface area contributed by atoms with Gasteiger partial charge in [0.2, 0.25) is 0 Å². The maximum absolute atomic E-state index is 5.75. The molecule has 2 heteroatoms. The van der Waals surface area contributed by atoms with Crippen molar-refractivity contribution in [3.63, 3.8) is 0 Å². The quantitative estimate of drug-likeness (QED) is 0.739. The van der Waals surface area contributed by atoms with Crippen LogP contribution in [0.25, 0.3) is 0 Å². The number of hydrogen-bond acceptors (Lipinski definition) is 2. The maximum atomic E-state index is 5.75. The fourth-order valence-electron chi connectivity index (χ4n) is 1.81. The first-order valence-electron chi connectivity index (χ1n) is 4.88. The van der Waals surface area contributed by atoms with Crippen molar-refractivity contribution in [2.75, 3.05) is 11.9 Å². The van der Waals surface area contributed by atoms with Gasteiger partial charge in [-0.25, -0.2) is 0 Å². The second kappa shape index (κ2) is 3.38. The largest absolute Gasteiger partial charge is 0.378 e. The topological polar surface area (TPSA) is 38.0 Å². The van der Waals surface area contributed by atoms with E-state index in [4.69, 9.17) is 5.73 Å². The Hall–Kier alpha value is -1.02. The van der Waals surface area contributed by atoms with Crippen LogP contribution < -0.4 is 11.1 Å². The molecule has 0 aliphatic heterocycles. The van der Waals surface area contributed by atoms with E-state index in [1.165, 1.54) is 24.9 Å². The van der Waals surface area contributed by atoms with E-state index in [-0.39, 0.29) is 5.54 Å². The molecule has 1 fully saturated rings. The summed E-state index contributed by atoms with van der Waals surface area (Å²) in [5, 5.41) is 3.52. The molecule has 1 aromatic rings. The van der Waals surface area contributed by atoms with Crippen LogP contribution in [0.2, 0.25) is 0 Å². The van der Waals surface area contributed by atoms with Gasteiger partial charge in [0.1, 0.15) is 0 Å². The first kappa shape index (κ1) is 8.57. The van der Waals surface area contributed by atoms with E-state index in [1.807, 2.05) is 18.2 Å². The minimum atomic E-state index is 0.196. The molecule has 1 aromatic carbocycles. The third-order valence-electron chi connectivity index (χ3n) is 2.88. The van der Waals surface area contributed by atoms with E-state index >= 15 is 0 Å². The molecule has 0 bridgehead atoms. The number of anilines is 1. The molecule has 0 spiro atoms. The Morgan fingerprint density at radius 1 is 1.23 bits per heavy atom. The van der Waals surface area contributed by atoms with Crippen LogP contribution in [0.3, 0.4) is 0 Å². The van der Waals surface area contributed by atoms with Gasteiger partial charge in [0.25, 0.3) is 0 Å². The molecule has 1 aliphatic rings. The van der Waals surface area contributed by atoms with Gasteiger partial charge in [0.05, 0.1) is 0 Å². The van der Waals surface area contributed by atoms with Gasteiger partial charge in [-0.15, -0.1) is 0 Å². The van der Waals surface area contributed by atoms with Crippen LogP contribution in [-0.4, -0.2) is 12.1 Å². The van der Waals surface area contributed by atoms with E-state index in [1.54, 1.807) is 0 Å². The van der Waals surface area contributed by atoms with Crippen molar-refractivity contribution >= 4 is 5.69 Å². The van der Waals surface area contributed by atoms with Crippen molar-refractivity contribution in [3.05, 3.63) is 30.3 Å². The van der Waals surface area contributed by atoms with Crippen LogP contribution in [-0.2, 0) is 0 Å². The number of benzene rings is 1. The van der Waals surface area contributed by atoms with E-state index in [0.717, 1.165) is 6.54 Å². The second-order valence-electron chi connectivity index (χ2n) is 3.83. The number of nitrogens with one attached hydrogen (secondary N) is 1. The minimum absolute atomic E-state index is 0.196. The molecule has 13 heavy (non-hydrogen) atoms. The van der Waals surface area contributed by atoms with Crippen LogP contribution in [0.1, 0.15) is 19.3 Å². The third-order valence-corrected chi connectivity index (χ3v) is 2.88. The molecular formula is C11H16N2. The van der Waals surface area contributed by atoms with Crippen molar-refractivity contribution < 1.29 is 0 Å². The molecule has 0 unspecified atom stereocenters. The molecule has 0 atom stereocenters. The molecule has 0 aromatic heterocycles. The standard InChI is InChI=1S/C11H16N2/c12-9-11(7-4-8-11)13-10-5-2-1-3-6-10/h1-3,5-6,13H,4,7-9,12H2. The lowest BCUT2D eigenvalue weighted by Crippen LogP contribution is -2.51. The highest BCUT2D eigenvalue weighted by atomic mass is 15.0. The Balaban J connectivity index is 2.05. The summed E-state index contributed by atoms with van der Waals surface area (Å²) < 4.78 is 0. The van der Waals surface area contributed by atoms with Crippen molar-refractivity contribution in [1.29, 1.82) is 0 Å². The third kappa shape index (κ3) is 1.68. The average Bonchev–Trinajstić information content (AvgIpc) is 2.13. The molecule has 0 amide bonds. The summed E-state index contributed by atoms with van der Waals surface area (Å²) in [6.45, 7) is 0.738. The second-order valence-corrected chi connectivity index (χ2v) is 3.83. The van der Waals surface area contributed by atoms with E-state index in [9.17, 15) is 0 Å². The van der Waals surface area contributed by atoms with Gasteiger partial charge in [-0.05, 0) is 31.4 Å². The lowest BCUT2D eigenvalue weighted by atomic mass is 9.76. The first-order chi connectivity index (χ1) is 6.35. The van der Waals surface area contributed by atoms with Gasteiger partial charge in [0.15, 0.2) is 0 Å². The Kier molecular flexibility index (Phi) is 2.23. The Morgan fingerprint density at radius 3 is 2.38 bits per heavy atom. The lowest BCUT2D eigenvalue weighted by Gasteiger charge is -2.42. The van der Waals surface area contributed by atoms with Crippen molar-refractivity contribution in [1.82, 2.24) is 0 Å². The summed E-state index contributed by atoms with van der Waals surface area (Å²) in [7, 11) is 0. The summed E-state index contributed by atoms with van der Waals surface area (Å²) in [6.07, 6.45) is 3.72. The first-order valence-corrected chi connectivity index (χ1v) is 4.88. The number of para-hydroxylation sites is 1. The molecule has 0 heterocycles. The molecule has 0 radical (unpaired) electrons. The van der Waals surface area contributed by atoms with Crippen LogP contribution >= 0.6 is 0 Å². The summed E-state index contributed by atoms with van der Waals surface area (Å²) in [5.41, 5.74) is 7.14. The Morgan fingerprint density at radius 2 is 1.92 bits per heavy atom. The molecule has 3 N–H and O–H groups in total. The summed E-state index contributed by atoms with van der Waals surface area (Å²) in [6, 6.07) is 10.3. The van der Waals surface area contributed by atoms with Gasteiger partial charge < -0.3 is 11.1 Å². The molecule has 70 valence electrons. The van der Waals surface area contributed by atoms with Gasteiger partial charge >= 0.3 is 0 Å². The maximum Gasteiger partial charge on any atom is 0.0495 e. The smallest absolute Gasteiger partial charge is 0.0495 e. The van der Waals surface area contributed by atoms with Crippen LogP contribution in [0.4, 0.5) is 5.69 Å². The normalized spacial score (nSPS) is 19.2. The number of rotatable bonds is 3. The predicted octanol–water partition coefficient (Wildman–Crippen LogP) is 1.98. The lowest BCUT2D eigenvalue weighted by molar-refractivity contribution is 0.287. The highest BCUT2D eigenvalue weighted by Gasteiger charge is 2.35. The molecule has 2 rings (SSSR count). The van der Waals surface area contributed by atoms with E-state index in [2.05, 4.69) is 17.4 Å². The Labute approximate surface area is 79.1 Å². The van der Waals surface area contributed by atoms with E-state index < -0.39 is 0 Å². The highest BCUT2D eigenvalue weighted by molar-refractivity contribution is 5.46. The van der Waals surface area contributed by atoms with Crippen molar-refractivity contribution in [2.24, 2.45) is 5.73 Å².